The van der Waals surface area contributed by atoms with Crippen LogP contribution in [0, 0.1) is 17.2 Å². The number of hydrogen-bond donors (Lipinski definition) is 1. The summed E-state index contributed by atoms with van der Waals surface area (Å²) < 4.78 is 5.36. The van der Waals surface area contributed by atoms with Crippen LogP contribution >= 0.6 is 0 Å². The molecule has 1 aromatic heterocycles. The molecule has 1 aromatic carbocycles. The Labute approximate surface area is 166 Å². The van der Waals surface area contributed by atoms with Gasteiger partial charge in [-0.25, -0.2) is 0 Å². The Hall–Kier alpha value is -2.78. The van der Waals surface area contributed by atoms with Crippen LogP contribution in [0.4, 0.5) is 0 Å². The van der Waals surface area contributed by atoms with Crippen molar-refractivity contribution >= 4 is 22.4 Å². The summed E-state index contributed by atoms with van der Waals surface area (Å²) in [7, 11) is 1.68. The zero-order chi connectivity index (χ0) is 20.1. The van der Waals surface area contributed by atoms with Crippen LogP contribution in [0.15, 0.2) is 30.5 Å². The highest BCUT2D eigenvalue weighted by Gasteiger charge is 2.21. The maximum atomic E-state index is 12.6. The molecule has 2 aromatic rings. The van der Waals surface area contributed by atoms with Crippen LogP contribution < -0.4 is 4.74 Å². The Morgan fingerprint density at radius 1 is 1.46 bits per heavy atom. The van der Waals surface area contributed by atoms with E-state index in [1.807, 2.05) is 26.0 Å². The van der Waals surface area contributed by atoms with Gasteiger partial charge in [0.15, 0.2) is 0 Å². The molecule has 0 radical (unpaired) electrons. The fraction of sp³-hybridized carbons (Fsp3) is 0.455. The predicted molar refractivity (Wildman–Crippen MR) is 111 cm³/mol. The van der Waals surface area contributed by atoms with Gasteiger partial charge in [-0.2, -0.15) is 5.26 Å². The van der Waals surface area contributed by atoms with Gasteiger partial charge < -0.3 is 14.6 Å². The average Bonchev–Trinajstić information content (AvgIpc) is 3.15. The van der Waals surface area contributed by atoms with Crippen molar-refractivity contribution in [2.24, 2.45) is 5.92 Å². The maximum absolute atomic E-state index is 12.6. The molecule has 6 heteroatoms. The van der Waals surface area contributed by atoms with E-state index in [0.29, 0.717) is 19.6 Å². The van der Waals surface area contributed by atoms with Crippen molar-refractivity contribution in [2.75, 3.05) is 39.8 Å². The number of methoxy groups -OCH3 is 1. The van der Waals surface area contributed by atoms with Gasteiger partial charge >= 0.3 is 0 Å². The number of aromatic amines is 1. The summed E-state index contributed by atoms with van der Waals surface area (Å²) in [6.07, 6.45) is 5.17. The zero-order valence-corrected chi connectivity index (χ0v) is 16.9. The monoisotopic (exact) mass is 380 g/mol. The molecule has 2 heterocycles. The first kappa shape index (κ1) is 20.0. The normalized spacial score (nSPS) is 15.7. The molecule has 148 valence electrons. The first-order valence-electron chi connectivity index (χ1n) is 9.80. The van der Waals surface area contributed by atoms with E-state index in [4.69, 9.17) is 10.00 Å². The van der Waals surface area contributed by atoms with Crippen LogP contribution in [0.3, 0.4) is 0 Å². The Morgan fingerprint density at radius 3 is 2.93 bits per heavy atom. The molecule has 0 fully saturated rings. The largest absolute Gasteiger partial charge is 0.497 e. The highest BCUT2D eigenvalue weighted by atomic mass is 16.5. The van der Waals surface area contributed by atoms with Gasteiger partial charge in [0.2, 0.25) is 5.91 Å². The second-order valence-electron chi connectivity index (χ2n) is 7.29. The van der Waals surface area contributed by atoms with Crippen LogP contribution in [0.5, 0.6) is 5.75 Å². The number of ether oxygens (including phenoxy) is 1. The number of hydrogen-bond acceptors (Lipinski definition) is 4. The van der Waals surface area contributed by atoms with Crippen LogP contribution in [-0.2, 0) is 4.79 Å². The summed E-state index contributed by atoms with van der Waals surface area (Å²) in [4.78, 5) is 19.9. The zero-order valence-electron chi connectivity index (χ0n) is 16.9. The van der Waals surface area contributed by atoms with Crippen LogP contribution in [0.2, 0.25) is 0 Å². The van der Waals surface area contributed by atoms with E-state index < -0.39 is 0 Å². The first-order valence-corrected chi connectivity index (χ1v) is 9.80. The lowest BCUT2D eigenvalue weighted by Gasteiger charge is -2.29. The van der Waals surface area contributed by atoms with Crippen LogP contribution in [-0.4, -0.2) is 60.5 Å². The standard InChI is InChI=1S/C22H28N4O2/c1-4-26(14-16(2)12-23)22(27)15-25-9-7-17(8-10-25)20-13-24-21-6-5-18(28-3)11-19(20)21/h5-7,11,13,16,24H,4,8-10,14-15H2,1-3H3/t16-/m0/s1. The number of nitrogens with one attached hydrogen (secondary N) is 1. The van der Waals surface area contributed by atoms with Gasteiger partial charge in [0, 0.05) is 48.8 Å². The average molecular weight is 380 g/mol. The molecule has 0 bridgehead atoms. The van der Waals surface area contributed by atoms with E-state index in [1.165, 1.54) is 11.1 Å². The van der Waals surface area contributed by atoms with Gasteiger partial charge in [-0.05, 0) is 44.0 Å². The Bertz CT molecular complexity index is 909. The SMILES string of the molecule is CCN(C[C@@H](C)C#N)C(=O)CN1CC=C(c2c[nH]c3ccc(OC)cc23)CC1. The van der Waals surface area contributed by atoms with E-state index in [9.17, 15) is 4.79 Å². The second kappa shape index (κ2) is 8.94. The minimum atomic E-state index is -0.143. The molecule has 6 nitrogen and oxygen atoms in total. The molecule has 1 amide bonds. The lowest BCUT2D eigenvalue weighted by Crippen LogP contribution is -2.43. The highest BCUT2D eigenvalue weighted by Crippen LogP contribution is 2.31. The molecule has 0 spiro atoms. The Balaban J connectivity index is 1.66. The molecule has 3 rings (SSSR count). The molecule has 28 heavy (non-hydrogen) atoms. The van der Waals surface area contributed by atoms with Crippen molar-refractivity contribution < 1.29 is 9.53 Å². The molecule has 1 N–H and O–H groups in total. The number of fused-ring (bicyclic) bond motifs is 1. The minimum absolute atomic E-state index is 0.0956. The quantitative estimate of drug-likeness (QED) is 0.800. The topological polar surface area (TPSA) is 72.4 Å². The van der Waals surface area contributed by atoms with Gasteiger partial charge in [-0.3, -0.25) is 9.69 Å². The molecule has 0 saturated heterocycles. The van der Waals surface area contributed by atoms with Crippen molar-refractivity contribution in [1.29, 1.82) is 5.26 Å². The molecule has 1 aliphatic heterocycles. The molecule has 0 saturated carbocycles. The van der Waals surface area contributed by atoms with Crippen molar-refractivity contribution in [3.05, 3.63) is 36.0 Å². The highest BCUT2D eigenvalue weighted by molar-refractivity contribution is 5.93. The number of nitrogens with zero attached hydrogens (tertiary/aromatic N) is 3. The van der Waals surface area contributed by atoms with E-state index in [1.54, 1.807) is 12.0 Å². The lowest BCUT2D eigenvalue weighted by atomic mass is 9.99. The molecule has 0 unspecified atom stereocenters. The van der Waals surface area contributed by atoms with Crippen molar-refractivity contribution in [3.63, 3.8) is 0 Å². The van der Waals surface area contributed by atoms with Crippen molar-refractivity contribution in [3.8, 4) is 11.8 Å². The fourth-order valence-electron chi connectivity index (χ4n) is 3.66. The minimum Gasteiger partial charge on any atom is -0.497 e. The lowest BCUT2D eigenvalue weighted by molar-refractivity contribution is -0.132. The molecular formula is C22H28N4O2. The Morgan fingerprint density at radius 2 is 2.29 bits per heavy atom. The summed E-state index contributed by atoms with van der Waals surface area (Å²) >= 11 is 0. The molecule has 1 aliphatic rings. The van der Waals surface area contributed by atoms with Gasteiger partial charge in [0.1, 0.15) is 5.75 Å². The third-order valence-corrected chi connectivity index (χ3v) is 5.34. The first-order chi connectivity index (χ1) is 13.5. The number of amides is 1. The van der Waals surface area contributed by atoms with Crippen molar-refractivity contribution in [1.82, 2.24) is 14.8 Å². The summed E-state index contributed by atoms with van der Waals surface area (Å²) in [5, 5.41) is 10.2. The number of carbonyl (C=O) groups excluding carboxylic acids is 1. The van der Waals surface area contributed by atoms with E-state index >= 15 is 0 Å². The number of benzene rings is 1. The molecule has 1 atom stereocenters. The predicted octanol–water partition coefficient (Wildman–Crippen LogP) is 3.27. The number of carbonyl (C=O) groups is 1. The summed E-state index contributed by atoms with van der Waals surface area (Å²) in [5.41, 5.74) is 3.60. The number of rotatable bonds is 7. The van der Waals surface area contributed by atoms with Gasteiger partial charge in [0.05, 0.1) is 25.6 Å². The maximum Gasteiger partial charge on any atom is 0.236 e. The van der Waals surface area contributed by atoms with Gasteiger partial charge in [-0.15, -0.1) is 0 Å². The third kappa shape index (κ3) is 4.37. The second-order valence-corrected chi connectivity index (χ2v) is 7.29. The number of H-pyrrole nitrogens is 1. The van der Waals surface area contributed by atoms with E-state index in [2.05, 4.69) is 34.3 Å². The smallest absolute Gasteiger partial charge is 0.236 e. The molecule has 0 aliphatic carbocycles. The third-order valence-electron chi connectivity index (χ3n) is 5.34. The van der Waals surface area contributed by atoms with Gasteiger partial charge in [-0.1, -0.05) is 6.08 Å². The number of nitriles is 1. The fourth-order valence-corrected chi connectivity index (χ4v) is 3.66. The summed E-state index contributed by atoms with van der Waals surface area (Å²) in [6.45, 7) is 6.94. The molecular weight excluding hydrogens is 352 g/mol. The Kier molecular flexibility index (Phi) is 6.37. The number of likely N-dealkylation sites (N-methyl/N-ethyl adjacent to an activating group) is 1. The summed E-state index contributed by atoms with van der Waals surface area (Å²) in [5.74, 6) is 0.803. The van der Waals surface area contributed by atoms with Gasteiger partial charge in [0.25, 0.3) is 0 Å². The van der Waals surface area contributed by atoms with Crippen LogP contribution in [0.1, 0.15) is 25.8 Å². The van der Waals surface area contributed by atoms with E-state index in [-0.39, 0.29) is 11.8 Å². The van der Waals surface area contributed by atoms with Crippen LogP contribution in [0.25, 0.3) is 16.5 Å². The number of aromatic nitrogens is 1. The van der Waals surface area contributed by atoms with E-state index in [0.717, 1.165) is 36.2 Å². The van der Waals surface area contributed by atoms with Crippen molar-refractivity contribution in [2.45, 2.75) is 20.3 Å². The summed E-state index contributed by atoms with van der Waals surface area (Å²) in [6, 6.07) is 8.26.